The maximum Gasteiger partial charge on any atom is 0.341 e. The van der Waals surface area contributed by atoms with E-state index in [4.69, 9.17) is 19.8 Å². The number of aliphatic carboxylic acids is 1. The van der Waals surface area contributed by atoms with E-state index in [1.54, 1.807) is 42.5 Å². The molecule has 28 heavy (non-hydrogen) atoms. The first kappa shape index (κ1) is 19.7. The average molecular weight is 395 g/mol. The van der Waals surface area contributed by atoms with Gasteiger partial charge in [0, 0.05) is 35.9 Å². The molecule has 0 saturated carbocycles. The molecule has 142 valence electrons. The lowest BCUT2D eigenvalue weighted by molar-refractivity contribution is -0.139. The van der Waals surface area contributed by atoms with Gasteiger partial charge in [0.25, 0.3) is 0 Å². The van der Waals surface area contributed by atoms with Gasteiger partial charge >= 0.3 is 5.97 Å². The molecule has 1 fully saturated rings. The molecule has 0 aliphatic carbocycles. The fourth-order valence-corrected chi connectivity index (χ4v) is 3.34. The van der Waals surface area contributed by atoms with E-state index in [1.807, 2.05) is 12.1 Å². The van der Waals surface area contributed by atoms with E-state index in [-0.39, 0.29) is 0 Å². The Morgan fingerprint density at radius 3 is 2.82 bits per heavy atom. The summed E-state index contributed by atoms with van der Waals surface area (Å²) in [4.78, 5) is 16.0. The first-order valence-electron chi connectivity index (χ1n) is 8.50. The molecule has 1 N–H and O–H groups in total. The molecule has 1 aromatic carbocycles. The van der Waals surface area contributed by atoms with Crippen LogP contribution in [0.25, 0.3) is 0 Å². The van der Waals surface area contributed by atoms with Gasteiger partial charge in [0.15, 0.2) is 6.61 Å². The van der Waals surface area contributed by atoms with Crippen molar-refractivity contribution in [3.8, 4) is 23.7 Å². The molecule has 1 aliphatic heterocycles. The Bertz CT molecular complexity index is 956. The van der Waals surface area contributed by atoms with Gasteiger partial charge in [-0.05, 0) is 36.2 Å². The highest BCUT2D eigenvalue weighted by Gasteiger charge is 2.12. The second kappa shape index (κ2) is 9.77. The summed E-state index contributed by atoms with van der Waals surface area (Å²) in [6, 6.07) is 8.66. The molecule has 2 heterocycles. The molecule has 0 atom stereocenters. The predicted octanol–water partition coefficient (Wildman–Crippen LogP) is 2.16. The molecular weight excluding hydrogens is 378 g/mol. The van der Waals surface area contributed by atoms with Crippen molar-refractivity contribution in [3.63, 3.8) is 0 Å². The van der Waals surface area contributed by atoms with Gasteiger partial charge in [0.05, 0.1) is 30.4 Å². The van der Waals surface area contributed by atoms with E-state index < -0.39 is 12.6 Å². The normalized spacial score (nSPS) is 13.8. The Hall–Kier alpha value is -3.04. The SMILES string of the molecule is N#Cc1ccc(OCC(=O)O)c(C#Cc2cncc(SN3CCOCC3)c2)c1. The Balaban J connectivity index is 1.79. The number of rotatable bonds is 5. The van der Waals surface area contributed by atoms with Gasteiger partial charge in [-0.3, -0.25) is 4.98 Å². The highest BCUT2D eigenvalue weighted by molar-refractivity contribution is 7.97. The van der Waals surface area contributed by atoms with Crippen LogP contribution < -0.4 is 4.74 Å². The standard InChI is InChI=1S/C20H17N3O4S/c21-11-15-2-4-19(27-14-20(24)25)17(9-15)3-1-16-10-18(13-22-12-16)28-23-5-7-26-8-6-23/h2,4,9-10,12-13H,5-8,14H2,(H,24,25). The maximum absolute atomic E-state index is 10.8. The quantitative estimate of drug-likeness (QED) is 0.608. The Kier molecular flexibility index (Phi) is 6.88. The van der Waals surface area contributed by atoms with Crippen LogP contribution >= 0.6 is 11.9 Å². The number of carboxylic acid groups (broad SMARTS) is 1. The largest absolute Gasteiger partial charge is 0.481 e. The minimum absolute atomic E-state index is 0.320. The summed E-state index contributed by atoms with van der Waals surface area (Å²) in [5, 5.41) is 17.9. The van der Waals surface area contributed by atoms with Crippen LogP contribution in [0.15, 0.2) is 41.6 Å². The minimum Gasteiger partial charge on any atom is -0.481 e. The fourth-order valence-electron chi connectivity index (χ4n) is 2.43. The van der Waals surface area contributed by atoms with Crippen molar-refractivity contribution < 1.29 is 19.4 Å². The smallest absolute Gasteiger partial charge is 0.341 e. The Morgan fingerprint density at radius 2 is 2.07 bits per heavy atom. The molecule has 8 heteroatoms. The average Bonchev–Trinajstić information content (AvgIpc) is 2.72. The van der Waals surface area contributed by atoms with Crippen molar-refractivity contribution in [2.75, 3.05) is 32.9 Å². The zero-order chi connectivity index (χ0) is 19.8. The number of hydrogen-bond acceptors (Lipinski definition) is 7. The van der Waals surface area contributed by atoms with E-state index in [9.17, 15) is 4.79 Å². The summed E-state index contributed by atoms with van der Waals surface area (Å²) in [5.74, 6) is 5.21. The molecule has 0 bridgehead atoms. The summed E-state index contributed by atoms with van der Waals surface area (Å²) < 4.78 is 12.8. The third kappa shape index (κ3) is 5.73. The zero-order valence-electron chi connectivity index (χ0n) is 14.9. The molecule has 1 aliphatic rings. The lowest BCUT2D eigenvalue weighted by atomic mass is 10.1. The summed E-state index contributed by atoms with van der Waals surface area (Å²) in [6.07, 6.45) is 3.44. The predicted molar refractivity (Wildman–Crippen MR) is 103 cm³/mol. The molecule has 0 spiro atoms. The van der Waals surface area contributed by atoms with E-state index in [1.165, 1.54) is 0 Å². The van der Waals surface area contributed by atoms with Crippen LogP contribution in [0.4, 0.5) is 0 Å². The topological polar surface area (TPSA) is 95.7 Å². The van der Waals surface area contributed by atoms with Crippen LogP contribution in [0.2, 0.25) is 0 Å². The molecule has 0 unspecified atom stereocenters. The summed E-state index contributed by atoms with van der Waals surface area (Å²) in [7, 11) is 0. The van der Waals surface area contributed by atoms with E-state index in [0.717, 1.165) is 18.0 Å². The summed E-state index contributed by atoms with van der Waals surface area (Å²) >= 11 is 1.61. The number of ether oxygens (including phenoxy) is 2. The molecular formula is C20H17N3O4S. The van der Waals surface area contributed by atoms with Gasteiger partial charge < -0.3 is 14.6 Å². The van der Waals surface area contributed by atoms with Crippen molar-refractivity contribution in [2.24, 2.45) is 0 Å². The van der Waals surface area contributed by atoms with Crippen LogP contribution in [0.5, 0.6) is 5.75 Å². The highest BCUT2D eigenvalue weighted by Crippen LogP contribution is 2.23. The van der Waals surface area contributed by atoms with Gasteiger partial charge in [0.2, 0.25) is 0 Å². The third-order valence-corrected chi connectivity index (χ3v) is 4.78. The first-order chi connectivity index (χ1) is 13.6. The number of aromatic nitrogens is 1. The number of carbonyl (C=O) groups is 1. The minimum atomic E-state index is -1.08. The number of pyridine rings is 1. The van der Waals surface area contributed by atoms with E-state index in [0.29, 0.717) is 35.7 Å². The lowest BCUT2D eigenvalue weighted by Gasteiger charge is -2.25. The van der Waals surface area contributed by atoms with Crippen LogP contribution in [0.1, 0.15) is 16.7 Å². The molecule has 0 amide bonds. The number of nitriles is 1. The van der Waals surface area contributed by atoms with Crippen molar-refractivity contribution in [3.05, 3.63) is 53.3 Å². The summed E-state index contributed by atoms with van der Waals surface area (Å²) in [6.45, 7) is 2.66. The van der Waals surface area contributed by atoms with Gasteiger partial charge in [-0.1, -0.05) is 11.8 Å². The van der Waals surface area contributed by atoms with Gasteiger partial charge in [-0.2, -0.15) is 5.26 Å². The number of hydrogen-bond donors (Lipinski definition) is 1. The number of morpholine rings is 1. The molecule has 1 aromatic heterocycles. The molecule has 0 radical (unpaired) electrons. The van der Waals surface area contributed by atoms with Crippen LogP contribution in [0, 0.1) is 23.2 Å². The van der Waals surface area contributed by atoms with Crippen molar-refractivity contribution >= 4 is 17.9 Å². The van der Waals surface area contributed by atoms with Crippen molar-refractivity contribution in [2.45, 2.75) is 4.90 Å². The molecule has 7 nitrogen and oxygen atoms in total. The van der Waals surface area contributed by atoms with Crippen LogP contribution in [0.3, 0.4) is 0 Å². The first-order valence-corrected chi connectivity index (χ1v) is 9.28. The van der Waals surface area contributed by atoms with Crippen molar-refractivity contribution in [1.29, 1.82) is 5.26 Å². The monoisotopic (exact) mass is 395 g/mol. The third-order valence-electron chi connectivity index (χ3n) is 3.72. The summed E-state index contributed by atoms with van der Waals surface area (Å²) in [5.41, 5.74) is 1.58. The lowest BCUT2D eigenvalue weighted by Crippen LogP contribution is -2.30. The van der Waals surface area contributed by atoms with Crippen molar-refractivity contribution in [1.82, 2.24) is 9.29 Å². The second-order valence-electron chi connectivity index (χ2n) is 5.80. The van der Waals surface area contributed by atoms with E-state index in [2.05, 4.69) is 21.1 Å². The maximum atomic E-state index is 10.8. The van der Waals surface area contributed by atoms with Crippen LogP contribution in [-0.2, 0) is 9.53 Å². The van der Waals surface area contributed by atoms with Gasteiger partial charge in [-0.25, -0.2) is 9.10 Å². The molecule has 3 rings (SSSR count). The molecule has 1 saturated heterocycles. The second-order valence-corrected chi connectivity index (χ2v) is 6.97. The van der Waals surface area contributed by atoms with E-state index >= 15 is 0 Å². The van der Waals surface area contributed by atoms with Crippen LogP contribution in [-0.4, -0.2) is 53.3 Å². The van der Waals surface area contributed by atoms with Gasteiger partial charge in [-0.15, -0.1) is 0 Å². The van der Waals surface area contributed by atoms with Gasteiger partial charge in [0.1, 0.15) is 5.75 Å². The Labute approximate surface area is 167 Å². The Morgan fingerprint density at radius 1 is 1.25 bits per heavy atom. The molecule has 2 aromatic rings. The number of nitrogens with zero attached hydrogens (tertiary/aromatic N) is 3. The fraction of sp³-hybridized carbons (Fsp3) is 0.250. The zero-order valence-corrected chi connectivity index (χ0v) is 15.7. The highest BCUT2D eigenvalue weighted by atomic mass is 32.2. The number of benzene rings is 1. The number of carboxylic acids is 1.